The van der Waals surface area contributed by atoms with E-state index < -0.39 is 0 Å². The van der Waals surface area contributed by atoms with Crippen molar-refractivity contribution in [2.24, 2.45) is 0 Å². The molecule has 0 bridgehead atoms. The van der Waals surface area contributed by atoms with Crippen LogP contribution in [0.1, 0.15) is 266 Å². The maximum absolute atomic E-state index is 2.65. The molecule has 82 heavy (non-hydrogen) atoms. The molecule has 0 fully saturated rings. The Morgan fingerprint density at radius 1 is 0.317 bits per heavy atom. The standard InChI is InChI=1S/C81H107N/c1-5-7-9-11-13-15-17-19-21-23-25-27-29-31-33-37-59-81(60-38-34-32-30-28-26-24-22-20-18-16-14-12-10-8-6-2)79-61-65(4)43-56-76(79)77-58-48-68(63-80(77)81)66-44-52-71(53-45-66)82(70-50-41-64(3)42-51-70)72-54-46-67(47-55-72)78-62-69-49-57-73(69)74-39-35-36-40-75(74)78/h35-36,39-48,50-56,58,61-63H,5-34,37-38,49,57,59-60H2,1-4H3. The zero-order valence-corrected chi connectivity index (χ0v) is 52.2. The van der Waals surface area contributed by atoms with Gasteiger partial charge in [0.25, 0.3) is 0 Å². The van der Waals surface area contributed by atoms with Crippen molar-refractivity contribution in [3.8, 4) is 33.4 Å². The van der Waals surface area contributed by atoms with Crippen LogP contribution in [-0.2, 0) is 18.3 Å². The number of nitrogens with zero attached hydrogens (tertiary/aromatic N) is 1. The van der Waals surface area contributed by atoms with Crippen molar-refractivity contribution in [3.05, 3.63) is 173 Å². The van der Waals surface area contributed by atoms with Crippen molar-refractivity contribution in [2.75, 3.05) is 4.90 Å². The molecule has 0 amide bonds. The van der Waals surface area contributed by atoms with E-state index in [0.717, 1.165) is 0 Å². The van der Waals surface area contributed by atoms with Crippen LogP contribution in [-0.4, -0.2) is 0 Å². The zero-order chi connectivity index (χ0) is 56.6. The van der Waals surface area contributed by atoms with Crippen molar-refractivity contribution in [1.29, 1.82) is 0 Å². The van der Waals surface area contributed by atoms with Gasteiger partial charge in [0.05, 0.1) is 0 Å². The Kier molecular flexibility index (Phi) is 24.3. The van der Waals surface area contributed by atoms with Gasteiger partial charge in [-0.1, -0.05) is 328 Å². The number of rotatable bonds is 39. The van der Waals surface area contributed by atoms with Gasteiger partial charge in [0, 0.05) is 22.5 Å². The van der Waals surface area contributed by atoms with E-state index in [1.807, 2.05) is 0 Å². The number of unbranched alkanes of at least 4 members (excludes halogenated alkanes) is 30. The van der Waals surface area contributed by atoms with Crippen LogP contribution in [0.5, 0.6) is 0 Å². The van der Waals surface area contributed by atoms with Crippen LogP contribution < -0.4 is 4.90 Å². The summed E-state index contributed by atoms with van der Waals surface area (Å²) < 4.78 is 0. The molecule has 2 aliphatic carbocycles. The van der Waals surface area contributed by atoms with Crippen LogP contribution in [0.25, 0.3) is 44.2 Å². The SMILES string of the molecule is CCCCCCCCCCCCCCCCCCC1(CCCCCCCCCCCCCCCCCC)c2cc(C)ccc2-c2ccc(-c3ccc(N(c4ccc(C)cc4)c4ccc(-c5cc6c(c7ccccc57)CC6)cc4)cc3)cc21. The molecular weight excluding hydrogens is 987 g/mol. The highest BCUT2D eigenvalue weighted by Gasteiger charge is 2.42. The molecular formula is C81H107N. The Labute approximate surface area is 500 Å². The number of benzene rings is 7. The van der Waals surface area contributed by atoms with Crippen molar-refractivity contribution >= 4 is 27.8 Å². The lowest BCUT2D eigenvalue weighted by Crippen LogP contribution is -2.25. The monoisotopic (exact) mass is 1090 g/mol. The molecule has 9 rings (SSSR count). The summed E-state index contributed by atoms with van der Waals surface area (Å²) >= 11 is 0. The summed E-state index contributed by atoms with van der Waals surface area (Å²) in [6, 6.07) is 54.4. The number of fused-ring (bicyclic) bond motifs is 6. The Morgan fingerprint density at radius 3 is 1.15 bits per heavy atom. The highest BCUT2D eigenvalue weighted by molar-refractivity contribution is 6.00. The van der Waals surface area contributed by atoms with Gasteiger partial charge in [0.2, 0.25) is 0 Å². The Morgan fingerprint density at radius 2 is 0.695 bits per heavy atom. The lowest BCUT2D eigenvalue weighted by atomic mass is 9.70. The minimum absolute atomic E-state index is 0.0555. The third-order valence-electron chi connectivity index (χ3n) is 19.5. The first-order chi connectivity index (χ1) is 40.5. The second-order valence-corrected chi connectivity index (χ2v) is 25.9. The molecule has 1 heteroatoms. The fourth-order valence-electron chi connectivity index (χ4n) is 14.5. The fraction of sp³-hybridized carbons (Fsp3) is 0.506. The molecule has 0 unspecified atom stereocenters. The lowest BCUT2D eigenvalue weighted by Gasteiger charge is -2.33. The molecule has 1 nitrogen and oxygen atoms in total. The highest BCUT2D eigenvalue weighted by atomic mass is 15.1. The fourth-order valence-corrected chi connectivity index (χ4v) is 14.5. The summed E-state index contributed by atoms with van der Waals surface area (Å²) in [7, 11) is 0. The van der Waals surface area contributed by atoms with Crippen molar-refractivity contribution in [2.45, 2.75) is 264 Å². The van der Waals surface area contributed by atoms with E-state index in [2.05, 4.69) is 172 Å². The summed E-state index contributed by atoms with van der Waals surface area (Å²) in [6.45, 7) is 9.15. The minimum Gasteiger partial charge on any atom is -0.311 e. The van der Waals surface area contributed by atoms with Crippen molar-refractivity contribution in [1.82, 2.24) is 0 Å². The van der Waals surface area contributed by atoms with Crippen molar-refractivity contribution in [3.63, 3.8) is 0 Å². The summed E-state index contributed by atoms with van der Waals surface area (Å²) in [5.41, 5.74) is 20.8. The molecule has 0 aliphatic heterocycles. The van der Waals surface area contributed by atoms with E-state index in [1.165, 1.54) is 309 Å². The normalized spacial score (nSPS) is 13.1. The number of aryl methyl sites for hydroxylation is 4. The Bertz CT molecular complexity index is 2930. The van der Waals surface area contributed by atoms with Crippen LogP contribution in [0.4, 0.5) is 17.1 Å². The molecule has 0 radical (unpaired) electrons. The molecule has 7 aromatic rings. The van der Waals surface area contributed by atoms with Crippen LogP contribution in [0.3, 0.4) is 0 Å². The maximum Gasteiger partial charge on any atom is 0.0462 e. The van der Waals surface area contributed by atoms with Gasteiger partial charge in [-0.15, -0.1) is 0 Å². The molecule has 0 spiro atoms. The third kappa shape index (κ3) is 16.5. The smallest absolute Gasteiger partial charge is 0.0462 e. The van der Waals surface area contributed by atoms with E-state index >= 15 is 0 Å². The van der Waals surface area contributed by atoms with Gasteiger partial charge in [-0.05, 0) is 148 Å². The third-order valence-corrected chi connectivity index (χ3v) is 19.5. The van der Waals surface area contributed by atoms with E-state index in [-0.39, 0.29) is 5.41 Å². The zero-order valence-electron chi connectivity index (χ0n) is 52.2. The van der Waals surface area contributed by atoms with Gasteiger partial charge < -0.3 is 4.90 Å². The largest absolute Gasteiger partial charge is 0.311 e. The minimum atomic E-state index is 0.0555. The average molecular weight is 1090 g/mol. The molecule has 0 N–H and O–H groups in total. The predicted molar refractivity (Wildman–Crippen MR) is 361 cm³/mol. The first-order valence-corrected chi connectivity index (χ1v) is 34.3. The number of hydrogen-bond donors (Lipinski definition) is 0. The Balaban J connectivity index is 0.878. The second kappa shape index (κ2) is 32.6. The number of hydrogen-bond acceptors (Lipinski definition) is 1. The van der Waals surface area contributed by atoms with Crippen LogP contribution in [0.15, 0.2) is 140 Å². The molecule has 0 atom stereocenters. The van der Waals surface area contributed by atoms with Gasteiger partial charge in [-0.3, -0.25) is 0 Å². The van der Waals surface area contributed by atoms with Crippen molar-refractivity contribution < 1.29 is 0 Å². The van der Waals surface area contributed by atoms with Crippen LogP contribution in [0, 0.1) is 13.8 Å². The van der Waals surface area contributed by atoms with Crippen LogP contribution in [0.2, 0.25) is 0 Å². The second-order valence-electron chi connectivity index (χ2n) is 25.9. The van der Waals surface area contributed by atoms with E-state index in [1.54, 1.807) is 16.7 Å². The predicted octanol–water partition coefficient (Wildman–Crippen LogP) is 25.9. The quantitative estimate of drug-likeness (QED) is 0.0347. The molecule has 436 valence electrons. The summed E-state index contributed by atoms with van der Waals surface area (Å²) in [6.07, 6.45) is 50.1. The number of anilines is 3. The summed E-state index contributed by atoms with van der Waals surface area (Å²) in [5, 5.41) is 2.79. The molecule has 0 aromatic heterocycles. The van der Waals surface area contributed by atoms with Gasteiger partial charge in [0.1, 0.15) is 0 Å². The average Bonchev–Trinajstić information content (AvgIpc) is 3.28. The first kappa shape index (κ1) is 61.2. The molecule has 2 aliphatic rings. The highest BCUT2D eigenvalue weighted by Crippen LogP contribution is 2.55. The maximum atomic E-state index is 2.65. The van der Waals surface area contributed by atoms with Gasteiger partial charge in [-0.2, -0.15) is 0 Å². The first-order valence-electron chi connectivity index (χ1n) is 34.3. The topological polar surface area (TPSA) is 3.24 Å². The van der Waals surface area contributed by atoms with E-state index in [9.17, 15) is 0 Å². The summed E-state index contributed by atoms with van der Waals surface area (Å²) in [4.78, 5) is 2.44. The lowest BCUT2D eigenvalue weighted by molar-refractivity contribution is 0.396. The molecule has 7 aromatic carbocycles. The van der Waals surface area contributed by atoms with Gasteiger partial charge >= 0.3 is 0 Å². The molecule has 0 heterocycles. The van der Waals surface area contributed by atoms with Crippen LogP contribution >= 0.6 is 0 Å². The molecule has 0 saturated carbocycles. The Hall–Kier alpha value is -5.40. The molecule has 0 saturated heterocycles. The van der Waals surface area contributed by atoms with E-state index in [0.29, 0.717) is 0 Å². The summed E-state index contributed by atoms with van der Waals surface area (Å²) in [5.74, 6) is 0. The van der Waals surface area contributed by atoms with Gasteiger partial charge in [-0.25, -0.2) is 0 Å². The van der Waals surface area contributed by atoms with Gasteiger partial charge in [0.15, 0.2) is 0 Å². The van der Waals surface area contributed by atoms with E-state index in [4.69, 9.17) is 0 Å².